The van der Waals surface area contributed by atoms with Gasteiger partial charge in [0.25, 0.3) is 0 Å². The summed E-state index contributed by atoms with van der Waals surface area (Å²) in [4.78, 5) is 11.9. The molecule has 26 heavy (non-hydrogen) atoms. The van der Waals surface area contributed by atoms with Crippen LogP contribution in [0, 0.1) is 5.92 Å². The van der Waals surface area contributed by atoms with Gasteiger partial charge in [-0.15, -0.1) is 12.4 Å². The van der Waals surface area contributed by atoms with Crippen LogP contribution in [-0.2, 0) is 17.9 Å². The zero-order chi connectivity index (χ0) is 17.5. The number of amides is 1. The van der Waals surface area contributed by atoms with E-state index in [4.69, 9.17) is 16.3 Å². The number of ether oxygens (including phenoxy) is 1. The lowest BCUT2D eigenvalue weighted by Gasteiger charge is -2.13. The molecule has 1 aliphatic carbocycles. The van der Waals surface area contributed by atoms with Crippen LogP contribution in [0.4, 0.5) is 0 Å². The molecule has 4 nitrogen and oxygen atoms in total. The van der Waals surface area contributed by atoms with Crippen LogP contribution < -0.4 is 15.4 Å². The lowest BCUT2D eigenvalue weighted by atomic mass is 10.1. The molecule has 0 aromatic heterocycles. The standard InChI is InChI=1S/C20H23ClN2O2.ClH/c21-18-7-3-4-8-19(18)25-14-17-6-2-1-5-16(17)12-23-20(24)13-22-11-15-9-10-15;/h1-8,15,22H,9-14H2,(H,23,24);1H. The first-order chi connectivity index (χ1) is 12.2. The van der Waals surface area contributed by atoms with Crippen molar-refractivity contribution in [2.24, 2.45) is 5.92 Å². The van der Waals surface area contributed by atoms with Gasteiger partial charge in [0.2, 0.25) is 5.91 Å². The predicted molar refractivity (Wildman–Crippen MR) is 107 cm³/mol. The van der Waals surface area contributed by atoms with Gasteiger partial charge in [0.05, 0.1) is 11.6 Å². The summed E-state index contributed by atoms with van der Waals surface area (Å²) in [6, 6.07) is 15.3. The summed E-state index contributed by atoms with van der Waals surface area (Å²) in [7, 11) is 0. The third kappa shape index (κ3) is 6.52. The van der Waals surface area contributed by atoms with Crippen LogP contribution in [0.25, 0.3) is 0 Å². The highest BCUT2D eigenvalue weighted by Crippen LogP contribution is 2.27. The Morgan fingerprint density at radius 1 is 1.08 bits per heavy atom. The number of halogens is 2. The van der Waals surface area contributed by atoms with E-state index < -0.39 is 0 Å². The minimum atomic E-state index is 0. The SMILES string of the molecule is Cl.O=C(CNCC1CC1)NCc1ccccc1COc1ccccc1Cl. The van der Waals surface area contributed by atoms with E-state index >= 15 is 0 Å². The monoisotopic (exact) mass is 394 g/mol. The van der Waals surface area contributed by atoms with Gasteiger partial charge in [0.1, 0.15) is 12.4 Å². The lowest BCUT2D eigenvalue weighted by molar-refractivity contribution is -0.120. The highest BCUT2D eigenvalue weighted by atomic mass is 35.5. The number of nitrogens with one attached hydrogen (secondary N) is 2. The molecule has 1 fully saturated rings. The molecule has 0 saturated heterocycles. The van der Waals surface area contributed by atoms with Crippen LogP contribution in [0.15, 0.2) is 48.5 Å². The Bertz CT molecular complexity index is 720. The topological polar surface area (TPSA) is 50.4 Å². The molecule has 0 spiro atoms. The number of carbonyl (C=O) groups is 1. The van der Waals surface area contributed by atoms with E-state index in [-0.39, 0.29) is 18.3 Å². The number of hydrogen-bond donors (Lipinski definition) is 2. The highest BCUT2D eigenvalue weighted by molar-refractivity contribution is 6.32. The van der Waals surface area contributed by atoms with Crippen molar-refractivity contribution in [1.82, 2.24) is 10.6 Å². The molecular formula is C20H24Cl2N2O2. The molecule has 0 atom stereocenters. The Labute approximate surface area is 165 Å². The Hall–Kier alpha value is -1.75. The van der Waals surface area contributed by atoms with E-state index in [1.54, 1.807) is 6.07 Å². The van der Waals surface area contributed by atoms with Crippen LogP contribution in [-0.4, -0.2) is 19.0 Å². The molecule has 1 aliphatic rings. The van der Waals surface area contributed by atoms with E-state index in [0.29, 0.717) is 30.5 Å². The normalized spacial score (nSPS) is 13.0. The smallest absolute Gasteiger partial charge is 0.234 e. The summed E-state index contributed by atoms with van der Waals surface area (Å²) in [5, 5.41) is 6.75. The van der Waals surface area contributed by atoms with E-state index in [1.165, 1.54) is 12.8 Å². The molecule has 140 valence electrons. The summed E-state index contributed by atoms with van der Waals surface area (Å²) in [5.74, 6) is 1.45. The Morgan fingerprint density at radius 3 is 2.50 bits per heavy atom. The molecule has 0 unspecified atom stereocenters. The second-order valence-electron chi connectivity index (χ2n) is 6.34. The zero-order valence-corrected chi connectivity index (χ0v) is 16.1. The van der Waals surface area contributed by atoms with Crippen molar-refractivity contribution < 1.29 is 9.53 Å². The fraction of sp³-hybridized carbons (Fsp3) is 0.350. The summed E-state index contributed by atoms with van der Waals surface area (Å²) in [5.41, 5.74) is 2.08. The van der Waals surface area contributed by atoms with Crippen molar-refractivity contribution in [2.45, 2.75) is 26.0 Å². The number of carbonyl (C=O) groups excluding carboxylic acids is 1. The van der Waals surface area contributed by atoms with Crippen LogP contribution in [0.3, 0.4) is 0 Å². The maximum absolute atomic E-state index is 11.9. The summed E-state index contributed by atoms with van der Waals surface area (Å²) in [6.45, 7) is 2.21. The molecule has 1 saturated carbocycles. The van der Waals surface area contributed by atoms with E-state index in [2.05, 4.69) is 10.6 Å². The zero-order valence-electron chi connectivity index (χ0n) is 14.5. The van der Waals surface area contributed by atoms with Gasteiger partial charge in [-0.1, -0.05) is 48.0 Å². The second-order valence-corrected chi connectivity index (χ2v) is 6.75. The van der Waals surface area contributed by atoms with Crippen molar-refractivity contribution in [3.8, 4) is 5.75 Å². The maximum atomic E-state index is 11.9. The van der Waals surface area contributed by atoms with Gasteiger partial charge >= 0.3 is 0 Å². The first kappa shape index (κ1) is 20.6. The minimum absolute atomic E-state index is 0. The summed E-state index contributed by atoms with van der Waals surface area (Å²) in [6.07, 6.45) is 2.57. The molecular weight excluding hydrogens is 371 g/mol. The summed E-state index contributed by atoms with van der Waals surface area (Å²) < 4.78 is 5.81. The fourth-order valence-corrected chi connectivity index (χ4v) is 2.75. The maximum Gasteiger partial charge on any atom is 0.234 e. The predicted octanol–water partition coefficient (Wildman–Crippen LogP) is 3.96. The number of hydrogen-bond acceptors (Lipinski definition) is 3. The first-order valence-electron chi connectivity index (χ1n) is 8.64. The van der Waals surface area contributed by atoms with Gasteiger partial charge in [-0.3, -0.25) is 4.79 Å². The van der Waals surface area contributed by atoms with E-state index in [1.807, 2.05) is 42.5 Å². The van der Waals surface area contributed by atoms with E-state index in [0.717, 1.165) is 23.6 Å². The van der Waals surface area contributed by atoms with Crippen LogP contribution in [0.2, 0.25) is 5.02 Å². The van der Waals surface area contributed by atoms with Crippen molar-refractivity contribution in [1.29, 1.82) is 0 Å². The number of para-hydroxylation sites is 1. The molecule has 2 aromatic carbocycles. The Kier molecular flexibility index (Phi) is 8.23. The van der Waals surface area contributed by atoms with Crippen molar-refractivity contribution in [3.05, 3.63) is 64.7 Å². The van der Waals surface area contributed by atoms with Crippen molar-refractivity contribution in [2.75, 3.05) is 13.1 Å². The minimum Gasteiger partial charge on any atom is -0.487 e. The molecule has 0 bridgehead atoms. The molecule has 1 amide bonds. The van der Waals surface area contributed by atoms with Crippen LogP contribution in [0.1, 0.15) is 24.0 Å². The van der Waals surface area contributed by atoms with E-state index in [9.17, 15) is 4.79 Å². The highest BCUT2D eigenvalue weighted by Gasteiger charge is 2.20. The second kappa shape index (κ2) is 10.4. The lowest BCUT2D eigenvalue weighted by Crippen LogP contribution is -2.34. The first-order valence-corrected chi connectivity index (χ1v) is 9.01. The molecule has 2 N–H and O–H groups in total. The van der Waals surface area contributed by atoms with Gasteiger partial charge in [0.15, 0.2) is 0 Å². The Balaban J connectivity index is 0.00000243. The van der Waals surface area contributed by atoms with Gasteiger partial charge in [-0.05, 0) is 48.6 Å². The molecule has 2 aromatic rings. The number of benzene rings is 2. The average Bonchev–Trinajstić information content (AvgIpc) is 3.44. The van der Waals surface area contributed by atoms with Gasteiger partial charge in [-0.25, -0.2) is 0 Å². The fourth-order valence-electron chi connectivity index (χ4n) is 2.56. The van der Waals surface area contributed by atoms with Crippen LogP contribution in [0.5, 0.6) is 5.75 Å². The molecule has 6 heteroatoms. The van der Waals surface area contributed by atoms with Crippen molar-refractivity contribution in [3.63, 3.8) is 0 Å². The van der Waals surface area contributed by atoms with Gasteiger partial charge in [0, 0.05) is 6.54 Å². The molecule has 3 rings (SSSR count). The molecule has 0 aliphatic heterocycles. The molecule has 0 radical (unpaired) electrons. The third-order valence-corrected chi connectivity index (χ3v) is 4.54. The van der Waals surface area contributed by atoms with Crippen molar-refractivity contribution >= 4 is 29.9 Å². The largest absolute Gasteiger partial charge is 0.487 e. The average molecular weight is 395 g/mol. The Morgan fingerprint density at radius 2 is 1.77 bits per heavy atom. The number of rotatable bonds is 9. The van der Waals surface area contributed by atoms with Gasteiger partial charge in [-0.2, -0.15) is 0 Å². The third-order valence-electron chi connectivity index (χ3n) is 4.23. The van der Waals surface area contributed by atoms with Crippen LogP contribution >= 0.6 is 24.0 Å². The summed E-state index contributed by atoms with van der Waals surface area (Å²) >= 11 is 6.12. The quantitative estimate of drug-likeness (QED) is 0.676. The van der Waals surface area contributed by atoms with Gasteiger partial charge < -0.3 is 15.4 Å². The molecule has 0 heterocycles.